The zero-order valence-electron chi connectivity index (χ0n) is 53.6. The molecule has 466 valence electrons. The van der Waals surface area contributed by atoms with Gasteiger partial charge in [-0.15, -0.1) is 0 Å². The number of ether oxygens (including phenoxy) is 3. The van der Waals surface area contributed by atoms with E-state index in [0.717, 1.165) is 96.3 Å². The number of hydrogen-bond donors (Lipinski definition) is 0. The molecule has 0 heterocycles. The van der Waals surface area contributed by atoms with E-state index in [2.05, 4.69) is 81.5 Å². The Morgan fingerprint density at radius 3 is 0.762 bits per heavy atom. The number of unbranched alkanes of at least 4 members (excludes halogenated alkanes) is 44. The zero-order chi connectivity index (χ0) is 57.8. The molecule has 0 amide bonds. The molecule has 0 aromatic rings. The molecule has 1 atom stereocenters. The van der Waals surface area contributed by atoms with E-state index >= 15 is 0 Å². The van der Waals surface area contributed by atoms with Crippen LogP contribution in [-0.2, 0) is 28.6 Å². The summed E-state index contributed by atoms with van der Waals surface area (Å²) >= 11 is 0. The molecule has 0 radical (unpaired) electrons. The van der Waals surface area contributed by atoms with Crippen LogP contribution in [-0.4, -0.2) is 37.2 Å². The summed E-state index contributed by atoms with van der Waals surface area (Å²) in [5.41, 5.74) is 0. The molecule has 0 fully saturated rings. The van der Waals surface area contributed by atoms with Crippen LogP contribution >= 0.6 is 0 Å². The Morgan fingerprint density at radius 2 is 0.487 bits per heavy atom. The van der Waals surface area contributed by atoms with E-state index in [1.165, 1.54) is 238 Å². The molecule has 0 bridgehead atoms. The second-order valence-electron chi connectivity index (χ2n) is 23.8. The molecule has 0 aliphatic heterocycles. The summed E-state index contributed by atoms with van der Waals surface area (Å²) < 4.78 is 16.9. The highest BCUT2D eigenvalue weighted by Gasteiger charge is 2.19. The van der Waals surface area contributed by atoms with Crippen molar-refractivity contribution >= 4 is 17.9 Å². The lowest BCUT2D eigenvalue weighted by Gasteiger charge is -2.18. The molecule has 6 heteroatoms. The summed E-state index contributed by atoms with van der Waals surface area (Å²) in [6.07, 6.45) is 88.7. The maximum Gasteiger partial charge on any atom is 0.306 e. The largest absolute Gasteiger partial charge is 0.462 e. The van der Waals surface area contributed by atoms with Crippen molar-refractivity contribution in [2.75, 3.05) is 13.2 Å². The maximum atomic E-state index is 12.9. The Morgan fingerprint density at radius 1 is 0.263 bits per heavy atom. The SMILES string of the molecule is CC/C=C\C/C=C\C/C=C\C/C=C\C/C=C\CCCCCCCCCC(=O)OC(COC(=O)CCCCCCCCC)COC(=O)CCCCCCCCCCCCCCCCCCCCCCCCCCCCCCCCCC. The predicted octanol–water partition coefficient (Wildman–Crippen LogP) is 24.3. The van der Waals surface area contributed by atoms with Crippen LogP contribution in [0.25, 0.3) is 0 Å². The lowest BCUT2D eigenvalue weighted by Crippen LogP contribution is -2.30. The zero-order valence-corrected chi connectivity index (χ0v) is 53.6. The van der Waals surface area contributed by atoms with Crippen LogP contribution < -0.4 is 0 Å². The lowest BCUT2D eigenvalue weighted by atomic mass is 10.0. The van der Waals surface area contributed by atoms with Crippen molar-refractivity contribution in [3.05, 3.63) is 60.8 Å². The first kappa shape index (κ1) is 77.1. The van der Waals surface area contributed by atoms with Gasteiger partial charge in [-0.25, -0.2) is 0 Å². The molecule has 0 saturated carbocycles. The van der Waals surface area contributed by atoms with Gasteiger partial charge in [0.15, 0.2) is 6.10 Å². The average molecular weight is 1120 g/mol. The molecule has 80 heavy (non-hydrogen) atoms. The van der Waals surface area contributed by atoms with Gasteiger partial charge in [0.05, 0.1) is 0 Å². The second-order valence-corrected chi connectivity index (χ2v) is 23.8. The molecule has 0 rings (SSSR count). The summed E-state index contributed by atoms with van der Waals surface area (Å²) in [4.78, 5) is 38.2. The molecule has 0 aromatic carbocycles. The van der Waals surface area contributed by atoms with Crippen LogP contribution in [0.15, 0.2) is 60.8 Å². The van der Waals surface area contributed by atoms with Gasteiger partial charge in [-0.3, -0.25) is 14.4 Å². The van der Waals surface area contributed by atoms with E-state index in [1.807, 2.05) is 0 Å². The maximum absolute atomic E-state index is 12.9. The van der Waals surface area contributed by atoms with E-state index in [4.69, 9.17) is 14.2 Å². The van der Waals surface area contributed by atoms with E-state index < -0.39 is 6.10 Å². The monoisotopic (exact) mass is 1120 g/mol. The van der Waals surface area contributed by atoms with Crippen molar-refractivity contribution in [3.8, 4) is 0 Å². The number of hydrogen-bond acceptors (Lipinski definition) is 6. The van der Waals surface area contributed by atoms with Crippen LogP contribution in [0.2, 0.25) is 0 Å². The number of rotatable bonds is 65. The lowest BCUT2D eigenvalue weighted by molar-refractivity contribution is -0.167. The van der Waals surface area contributed by atoms with Gasteiger partial charge in [0.25, 0.3) is 0 Å². The normalized spacial score (nSPS) is 12.4. The van der Waals surface area contributed by atoms with Gasteiger partial charge < -0.3 is 14.2 Å². The molecular formula is C74H134O6. The van der Waals surface area contributed by atoms with Crippen LogP contribution in [0.1, 0.15) is 374 Å². The highest BCUT2D eigenvalue weighted by atomic mass is 16.6. The first-order valence-corrected chi connectivity index (χ1v) is 35.3. The highest BCUT2D eigenvalue weighted by Crippen LogP contribution is 2.19. The van der Waals surface area contributed by atoms with Crippen LogP contribution in [0.5, 0.6) is 0 Å². The third-order valence-electron chi connectivity index (χ3n) is 15.8. The molecule has 0 saturated heterocycles. The Labute approximate surface area is 498 Å². The van der Waals surface area contributed by atoms with E-state index in [-0.39, 0.29) is 31.1 Å². The summed E-state index contributed by atoms with van der Waals surface area (Å²) in [6.45, 7) is 6.53. The van der Waals surface area contributed by atoms with Crippen molar-refractivity contribution in [2.45, 2.75) is 380 Å². The third kappa shape index (κ3) is 65.9. The quantitative estimate of drug-likeness (QED) is 0.0261. The van der Waals surface area contributed by atoms with Gasteiger partial charge in [-0.1, -0.05) is 351 Å². The highest BCUT2D eigenvalue weighted by molar-refractivity contribution is 5.71. The summed E-state index contributed by atoms with van der Waals surface area (Å²) in [5.74, 6) is -0.873. The van der Waals surface area contributed by atoms with Crippen molar-refractivity contribution in [3.63, 3.8) is 0 Å². The average Bonchev–Trinajstić information content (AvgIpc) is 3.46. The first-order valence-electron chi connectivity index (χ1n) is 35.3. The molecule has 0 N–H and O–H groups in total. The fourth-order valence-corrected chi connectivity index (χ4v) is 10.5. The van der Waals surface area contributed by atoms with E-state index in [1.54, 1.807) is 0 Å². The molecule has 6 nitrogen and oxygen atoms in total. The van der Waals surface area contributed by atoms with Crippen LogP contribution in [0.3, 0.4) is 0 Å². The third-order valence-corrected chi connectivity index (χ3v) is 15.8. The Kier molecular flexibility index (Phi) is 66.1. The minimum atomic E-state index is -0.777. The van der Waals surface area contributed by atoms with E-state index in [9.17, 15) is 14.4 Å². The fourth-order valence-electron chi connectivity index (χ4n) is 10.5. The Balaban J connectivity index is 4.02. The van der Waals surface area contributed by atoms with Crippen molar-refractivity contribution in [2.24, 2.45) is 0 Å². The van der Waals surface area contributed by atoms with E-state index in [0.29, 0.717) is 19.3 Å². The first-order chi connectivity index (χ1) is 39.5. The summed E-state index contributed by atoms with van der Waals surface area (Å²) in [5, 5.41) is 0. The minimum absolute atomic E-state index is 0.0749. The standard InChI is InChI=1S/C74H134O6/c1-4-7-10-13-16-18-20-22-24-26-28-30-32-33-34-35-36-37-38-39-40-42-43-45-47-49-51-53-55-58-61-64-67-73(76)79-70-71(69-78-72(75)66-63-60-57-15-12-9-6-3)80-74(77)68-65-62-59-56-54-52-50-48-46-44-41-31-29-27-25-23-21-19-17-14-11-8-5-2/h8,11,17,19,23,25,29,31,44,46,71H,4-7,9-10,12-16,18,20-22,24,26-28,30,32-43,45,47-70H2,1-3H3/b11-8-,19-17-,25-23-,31-29-,46-44-. The smallest absolute Gasteiger partial charge is 0.306 e. The minimum Gasteiger partial charge on any atom is -0.462 e. The van der Waals surface area contributed by atoms with Gasteiger partial charge in [0, 0.05) is 19.3 Å². The van der Waals surface area contributed by atoms with Crippen LogP contribution in [0, 0.1) is 0 Å². The van der Waals surface area contributed by atoms with Gasteiger partial charge in [0.2, 0.25) is 0 Å². The Hall–Kier alpha value is -2.89. The Bertz CT molecular complexity index is 1430. The predicted molar refractivity (Wildman–Crippen MR) is 348 cm³/mol. The topological polar surface area (TPSA) is 78.9 Å². The molecule has 0 aromatic heterocycles. The molecule has 0 aliphatic rings. The van der Waals surface area contributed by atoms with Crippen molar-refractivity contribution in [1.82, 2.24) is 0 Å². The molecular weight excluding hydrogens is 985 g/mol. The van der Waals surface area contributed by atoms with Crippen molar-refractivity contribution < 1.29 is 28.6 Å². The molecule has 0 aliphatic carbocycles. The summed E-state index contributed by atoms with van der Waals surface area (Å²) in [7, 11) is 0. The molecule has 0 spiro atoms. The molecule has 1 unspecified atom stereocenters. The number of allylic oxidation sites excluding steroid dienone is 10. The van der Waals surface area contributed by atoms with Gasteiger partial charge >= 0.3 is 17.9 Å². The van der Waals surface area contributed by atoms with Gasteiger partial charge in [-0.05, 0) is 64.2 Å². The summed E-state index contributed by atoms with van der Waals surface area (Å²) in [6, 6.07) is 0. The van der Waals surface area contributed by atoms with Crippen LogP contribution in [0.4, 0.5) is 0 Å². The number of esters is 3. The fraction of sp³-hybridized carbons (Fsp3) is 0.824. The van der Waals surface area contributed by atoms with Gasteiger partial charge in [0.1, 0.15) is 13.2 Å². The number of carbonyl (C=O) groups is 3. The number of carbonyl (C=O) groups excluding carboxylic acids is 3. The van der Waals surface area contributed by atoms with Gasteiger partial charge in [-0.2, -0.15) is 0 Å². The second kappa shape index (κ2) is 68.6. The van der Waals surface area contributed by atoms with Crippen molar-refractivity contribution in [1.29, 1.82) is 0 Å².